The lowest BCUT2D eigenvalue weighted by molar-refractivity contribution is -0.119. The van der Waals surface area contributed by atoms with Crippen molar-refractivity contribution < 1.29 is 4.79 Å². The molecule has 1 aliphatic rings. The maximum absolute atomic E-state index is 12.9. The molecule has 2 atom stereocenters. The van der Waals surface area contributed by atoms with Crippen LogP contribution in [0.5, 0.6) is 0 Å². The molecule has 4 rings (SSSR count). The van der Waals surface area contributed by atoms with E-state index in [1.54, 1.807) is 12.4 Å². The van der Waals surface area contributed by atoms with Gasteiger partial charge in [0.05, 0.1) is 17.8 Å². The molecule has 1 saturated heterocycles. The number of hydrogen-bond donors (Lipinski definition) is 3. The highest BCUT2D eigenvalue weighted by atomic mass is 35.5. The predicted molar refractivity (Wildman–Crippen MR) is 123 cm³/mol. The standard InChI is InChI=1S/C22H22N4O.2ClH/c27-22(21-15-24-14-20(21)16-6-2-1-3-7-16)26-18-9-4-8-17(12-18)25-19-10-5-11-23-13-19;;/h1-13,20-21,24-25H,14-15H2,(H,26,27);2*1H/t20-,21+;;/m1../s1. The van der Waals surface area contributed by atoms with Crippen molar-refractivity contribution in [3.05, 3.63) is 84.7 Å². The summed E-state index contributed by atoms with van der Waals surface area (Å²) in [5.74, 6) is 0.164. The van der Waals surface area contributed by atoms with Crippen molar-refractivity contribution in [3.63, 3.8) is 0 Å². The fourth-order valence-corrected chi connectivity index (χ4v) is 3.52. The van der Waals surface area contributed by atoms with E-state index in [4.69, 9.17) is 0 Å². The van der Waals surface area contributed by atoms with Crippen molar-refractivity contribution in [2.24, 2.45) is 5.92 Å². The number of halogens is 2. The lowest BCUT2D eigenvalue weighted by Crippen LogP contribution is -2.28. The monoisotopic (exact) mass is 430 g/mol. The Labute approximate surface area is 183 Å². The molecule has 152 valence electrons. The highest BCUT2D eigenvalue weighted by Gasteiger charge is 2.33. The van der Waals surface area contributed by atoms with Crippen LogP contribution in [0.25, 0.3) is 0 Å². The molecule has 7 heteroatoms. The molecule has 2 heterocycles. The molecule has 5 nitrogen and oxygen atoms in total. The third-order valence-electron chi connectivity index (χ3n) is 4.86. The lowest BCUT2D eigenvalue weighted by Gasteiger charge is -2.19. The van der Waals surface area contributed by atoms with Crippen LogP contribution in [-0.4, -0.2) is 24.0 Å². The van der Waals surface area contributed by atoms with E-state index >= 15 is 0 Å². The van der Waals surface area contributed by atoms with Gasteiger partial charge in [-0.25, -0.2) is 0 Å². The van der Waals surface area contributed by atoms with Gasteiger partial charge < -0.3 is 16.0 Å². The third kappa shape index (κ3) is 5.70. The molecule has 1 aliphatic heterocycles. The van der Waals surface area contributed by atoms with Crippen molar-refractivity contribution in [1.82, 2.24) is 10.3 Å². The Bertz CT molecular complexity index is 909. The first kappa shape index (κ1) is 22.7. The minimum atomic E-state index is -0.0812. The molecule has 0 bridgehead atoms. The fraction of sp³-hybridized carbons (Fsp3) is 0.182. The summed E-state index contributed by atoms with van der Waals surface area (Å²) in [5, 5.41) is 9.72. The van der Waals surface area contributed by atoms with Gasteiger partial charge in [0.25, 0.3) is 0 Å². The van der Waals surface area contributed by atoms with Crippen LogP contribution in [0.4, 0.5) is 17.1 Å². The second kappa shape index (κ2) is 10.8. The van der Waals surface area contributed by atoms with Gasteiger partial charge >= 0.3 is 0 Å². The minimum Gasteiger partial charge on any atom is -0.354 e. The molecule has 0 spiro atoms. The first-order valence-corrected chi connectivity index (χ1v) is 9.13. The number of anilines is 3. The van der Waals surface area contributed by atoms with E-state index < -0.39 is 0 Å². The smallest absolute Gasteiger partial charge is 0.229 e. The number of pyridine rings is 1. The Morgan fingerprint density at radius 1 is 0.897 bits per heavy atom. The Hall–Kier alpha value is -2.60. The summed E-state index contributed by atoms with van der Waals surface area (Å²) >= 11 is 0. The van der Waals surface area contributed by atoms with Gasteiger partial charge in [-0.3, -0.25) is 9.78 Å². The van der Waals surface area contributed by atoms with Crippen LogP contribution in [-0.2, 0) is 4.79 Å². The topological polar surface area (TPSA) is 66.0 Å². The van der Waals surface area contributed by atoms with E-state index in [2.05, 4.69) is 33.1 Å². The average molecular weight is 431 g/mol. The van der Waals surface area contributed by atoms with E-state index in [0.29, 0.717) is 6.54 Å². The quantitative estimate of drug-likeness (QED) is 0.552. The van der Waals surface area contributed by atoms with E-state index in [0.717, 1.165) is 23.6 Å². The van der Waals surface area contributed by atoms with Crippen LogP contribution in [0, 0.1) is 5.92 Å². The molecule has 0 unspecified atom stereocenters. The molecular formula is C22H24Cl2N4O. The highest BCUT2D eigenvalue weighted by molar-refractivity contribution is 5.94. The minimum absolute atomic E-state index is 0. The van der Waals surface area contributed by atoms with Gasteiger partial charge in [-0.05, 0) is 35.9 Å². The number of benzene rings is 2. The zero-order valence-electron chi connectivity index (χ0n) is 15.7. The molecule has 1 amide bonds. The van der Waals surface area contributed by atoms with Crippen LogP contribution in [0.1, 0.15) is 11.5 Å². The van der Waals surface area contributed by atoms with Crippen LogP contribution in [0.3, 0.4) is 0 Å². The molecule has 0 radical (unpaired) electrons. The van der Waals surface area contributed by atoms with Gasteiger partial charge in [-0.1, -0.05) is 36.4 Å². The lowest BCUT2D eigenvalue weighted by atomic mass is 9.88. The van der Waals surface area contributed by atoms with Crippen molar-refractivity contribution in [2.45, 2.75) is 5.92 Å². The first-order chi connectivity index (χ1) is 13.3. The van der Waals surface area contributed by atoms with E-state index in [1.807, 2.05) is 54.6 Å². The average Bonchev–Trinajstić information content (AvgIpc) is 3.20. The SMILES string of the molecule is Cl.Cl.O=C(Nc1cccc(Nc2cccnc2)c1)[C@H]1CNC[C@@H]1c1ccccc1. The molecule has 0 saturated carbocycles. The number of amides is 1. The van der Waals surface area contributed by atoms with Crippen molar-refractivity contribution >= 4 is 47.8 Å². The Kier molecular flexibility index (Phi) is 8.46. The van der Waals surface area contributed by atoms with E-state index in [1.165, 1.54) is 5.56 Å². The summed E-state index contributed by atoms with van der Waals surface area (Å²) in [6.07, 6.45) is 3.50. The molecule has 3 aromatic rings. The van der Waals surface area contributed by atoms with Crippen LogP contribution >= 0.6 is 24.8 Å². The number of nitrogens with zero attached hydrogens (tertiary/aromatic N) is 1. The van der Waals surface area contributed by atoms with Crippen LogP contribution in [0.2, 0.25) is 0 Å². The number of carbonyl (C=O) groups is 1. The molecular weight excluding hydrogens is 407 g/mol. The van der Waals surface area contributed by atoms with Gasteiger partial charge in [-0.15, -0.1) is 24.8 Å². The van der Waals surface area contributed by atoms with Gasteiger partial charge in [0, 0.05) is 36.6 Å². The molecule has 1 fully saturated rings. The number of rotatable bonds is 5. The summed E-state index contributed by atoms with van der Waals surface area (Å²) in [7, 11) is 0. The molecule has 3 N–H and O–H groups in total. The normalized spacial score (nSPS) is 17.5. The Balaban J connectivity index is 0.00000150. The van der Waals surface area contributed by atoms with Gasteiger partial charge in [0.1, 0.15) is 0 Å². The van der Waals surface area contributed by atoms with Crippen molar-refractivity contribution in [1.29, 1.82) is 0 Å². The summed E-state index contributed by atoms with van der Waals surface area (Å²) in [4.78, 5) is 17.0. The summed E-state index contributed by atoms with van der Waals surface area (Å²) in [6.45, 7) is 1.52. The zero-order valence-corrected chi connectivity index (χ0v) is 17.4. The summed E-state index contributed by atoms with van der Waals surface area (Å²) in [6, 6.07) is 21.8. The summed E-state index contributed by atoms with van der Waals surface area (Å²) in [5.41, 5.74) is 3.80. The second-order valence-corrected chi connectivity index (χ2v) is 6.72. The first-order valence-electron chi connectivity index (χ1n) is 9.13. The molecule has 0 aliphatic carbocycles. The second-order valence-electron chi connectivity index (χ2n) is 6.72. The number of carbonyl (C=O) groups excluding carboxylic acids is 1. The van der Waals surface area contributed by atoms with E-state index in [9.17, 15) is 4.79 Å². The summed E-state index contributed by atoms with van der Waals surface area (Å²) < 4.78 is 0. The largest absolute Gasteiger partial charge is 0.354 e. The maximum atomic E-state index is 12.9. The van der Waals surface area contributed by atoms with Gasteiger partial charge in [0.15, 0.2) is 0 Å². The maximum Gasteiger partial charge on any atom is 0.229 e. The molecule has 2 aromatic carbocycles. The van der Waals surface area contributed by atoms with Crippen LogP contribution < -0.4 is 16.0 Å². The third-order valence-corrected chi connectivity index (χ3v) is 4.86. The van der Waals surface area contributed by atoms with Gasteiger partial charge in [0.2, 0.25) is 5.91 Å². The zero-order chi connectivity index (χ0) is 18.5. The molecule has 29 heavy (non-hydrogen) atoms. The number of hydrogen-bond acceptors (Lipinski definition) is 4. The van der Waals surface area contributed by atoms with Crippen molar-refractivity contribution in [2.75, 3.05) is 23.7 Å². The predicted octanol–water partition coefficient (Wildman–Crippen LogP) is 4.61. The van der Waals surface area contributed by atoms with E-state index in [-0.39, 0.29) is 42.6 Å². The highest BCUT2D eigenvalue weighted by Crippen LogP contribution is 2.29. The van der Waals surface area contributed by atoms with Crippen molar-refractivity contribution in [3.8, 4) is 0 Å². The van der Waals surface area contributed by atoms with Gasteiger partial charge in [-0.2, -0.15) is 0 Å². The Morgan fingerprint density at radius 2 is 1.66 bits per heavy atom. The molecule has 1 aromatic heterocycles. The Morgan fingerprint density at radius 3 is 2.41 bits per heavy atom. The van der Waals surface area contributed by atoms with Crippen LogP contribution in [0.15, 0.2) is 79.1 Å². The fourth-order valence-electron chi connectivity index (χ4n) is 3.52. The number of aromatic nitrogens is 1. The number of nitrogens with one attached hydrogen (secondary N) is 3.